The molecule has 0 aromatic carbocycles. The largest absolute Gasteiger partial charge is 0.726 e. The molecule has 1 unspecified atom stereocenters. The topological polar surface area (TPSA) is 103 Å². The molecule has 0 fully saturated rings. The van der Waals surface area contributed by atoms with Crippen LogP contribution >= 0.6 is 0 Å². The lowest BCUT2D eigenvalue weighted by Gasteiger charge is -2.30. The van der Waals surface area contributed by atoms with Gasteiger partial charge in [0.25, 0.3) is 0 Å². The molecule has 214 valence electrons. The molecule has 0 amide bonds. The fourth-order valence-electron chi connectivity index (χ4n) is 4.96. The van der Waals surface area contributed by atoms with E-state index in [-0.39, 0.29) is 6.15 Å². The second kappa shape index (κ2) is 25.5. The Hall–Kier alpha value is -0.170. The molecule has 0 spiro atoms. The van der Waals surface area contributed by atoms with Gasteiger partial charge in [0.1, 0.15) is 0 Å². The predicted octanol–water partition coefficient (Wildman–Crippen LogP) is 10.4. The Kier molecular flexibility index (Phi) is 26.9. The van der Waals surface area contributed by atoms with Gasteiger partial charge in [-0.25, -0.2) is 8.42 Å². The summed E-state index contributed by atoms with van der Waals surface area (Å²) in [7, 11) is -4.65. The number of hydrogen-bond donors (Lipinski definition) is 1. The summed E-state index contributed by atoms with van der Waals surface area (Å²) in [4.78, 5) is 0. The van der Waals surface area contributed by atoms with Crippen LogP contribution in [0.25, 0.3) is 0 Å². The molecule has 0 aliphatic heterocycles. The van der Waals surface area contributed by atoms with Crippen molar-refractivity contribution in [3.8, 4) is 0 Å². The van der Waals surface area contributed by atoms with E-state index < -0.39 is 16.0 Å². The molecule has 0 heterocycles. The lowest BCUT2D eigenvalue weighted by Crippen LogP contribution is -2.31. The van der Waals surface area contributed by atoms with Crippen LogP contribution in [0.4, 0.5) is 0 Å². The van der Waals surface area contributed by atoms with Gasteiger partial charge in [-0.2, -0.15) is 0 Å². The SMILES string of the molecule is CCCCCCCCCCCCCCCCCCCCCC(C)(CCCCCC)OS(=O)(=O)[O-].[NH4+]. The van der Waals surface area contributed by atoms with E-state index in [2.05, 4.69) is 13.8 Å². The first kappa shape index (κ1) is 37.0. The second-order valence-electron chi connectivity index (χ2n) is 10.9. The average molecular weight is 522 g/mol. The van der Waals surface area contributed by atoms with Crippen LogP contribution in [-0.2, 0) is 14.6 Å². The fourth-order valence-corrected chi connectivity index (χ4v) is 5.62. The monoisotopic (exact) mass is 521 g/mol. The van der Waals surface area contributed by atoms with Gasteiger partial charge in [-0.05, 0) is 19.8 Å². The van der Waals surface area contributed by atoms with Crippen molar-refractivity contribution in [2.24, 2.45) is 0 Å². The lowest BCUT2D eigenvalue weighted by molar-refractivity contribution is 0.0560. The Labute approximate surface area is 220 Å². The Morgan fingerprint density at radius 2 is 0.743 bits per heavy atom. The van der Waals surface area contributed by atoms with Crippen molar-refractivity contribution in [3.05, 3.63) is 0 Å². The zero-order valence-electron chi connectivity index (χ0n) is 24.2. The van der Waals surface area contributed by atoms with E-state index in [4.69, 9.17) is 4.18 Å². The van der Waals surface area contributed by atoms with Crippen LogP contribution in [0.1, 0.15) is 181 Å². The van der Waals surface area contributed by atoms with Crippen molar-refractivity contribution < 1.29 is 17.2 Å². The molecule has 0 aromatic heterocycles. The molecule has 0 rings (SSSR count). The quantitative estimate of drug-likeness (QED) is 0.0659. The van der Waals surface area contributed by atoms with Crippen LogP contribution in [0.3, 0.4) is 0 Å². The van der Waals surface area contributed by atoms with Crippen molar-refractivity contribution in [3.63, 3.8) is 0 Å². The number of quaternary nitrogens is 1. The zero-order chi connectivity index (χ0) is 25.4. The maximum Gasteiger partial charge on any atom is 0.218 e. The molecule has 4 N–H and O–H groups in total. The first-order valence-electron chi connectivity index (χ1n) is 15.0. The molecule has 0 bridgehead atoms. The van der Waals surface area contributed by atoms with Crippen LogP contribution in [0, 0.1) is 0 Å². The van der Waals surface area contributed by atoms with E-state index in [9.17, 15) is 13.0 Å². The summed E-state index contributed by atoms with van der Waals surface area (Å²) < 4.78 is 38.4. The standard InChI is InChI=1S/C29H60O4S.H3N/c1-4-6-8-10-11-12-13-14-15-16-17-18-19-20-21-22-23-24-26-28-29(3,33-34(30,31)32)27-25-9-7-5-2;/h4-28H2,1-3H3,(H,30,31,32);1H3. The minimum atomic E-state index is -4.65. The van der Waals surface area contributed by atoms with Gasteiger partial charge in [0.15, 0.2) is 0 Å². The molecule has 0 aliphatic rings. The molecule has 35 heavy (non-hydrogen) atoms. The highest BCUT2D eigenvalue weighted by molar-refractivity contribution is 7.80. The third-order valence-electron chi connectivity index (χ3n) is 7.17. The Morgan fingerprint density at radius 1 is 0.514 bits per heavy atom. The molecule has 0 saturated carbocycles. The molecule has 0 aromatic rings. The normalized spacial score (nSPS) is 13.5. The van der Waals surface area contributed by atoms with Crippen molar-refractivity contribution in [2.75, 3.05) is 0 Å². The van der Waals surface area contributed by atoms with Gasteiger partial charge in [-0.3, -0.25) is 4.18 Å². The van der Waals surface area contributed by atoms with E-state index in [1.807, 2.05) is 0 Å². The van der Waals surface area contributed by atoms with E-state index in [0.717, 1.165) is 38.5 Å². The number of hydrogen-bond acceptors (Lipinski definition) is 4. The zero-order valence-corrected chi connectivity index (χ0v) is 25.0. The third-order valence-corrected chi connectivity index (χ3v) is 7.78. The predicted molar refractivity (Wildman–Crippen MR) is 152 cm³/mol. The number of rotatable bonds is 27. The van der Waals surface area contributed by atoms with Gasteiger partial charge in [0, 0.05) is 0 Å². The minimum Gasteiger partial charge on any atom is -0.726 e. The van der Waals surface area contributed by atoms with Crippen LogP contribution in [-0.4, -0.2) is 18.6 Å². The van der Waals surface area contributed by atoms with Gasteiger partial charge in [-0.15, -0.1) is 0 Å². The van der Waals surface area contributed by atoms with Crippen LogP contribution in [0.5, 0.6) is 0 Å². The number of unbranched alkanes of at least 4 members (excludes halogenated alkanes) is 21. The minimum absolute atomic E-state index is 0. The highest BCUT2D eigenvalue weighted by Gasteiger charge is 2.27. The first-order valence-corrected chi connectivity index (χ1v) is 16.3. The van der Waals surface area contributed by atoms with Crippen LogP contribution < -0.4 is 6.15 Å². The van der Waals surface area contributed by atoms with Gasteiger partial charge < -0.3 is 10.7 Å². The summed E-state index contributed by atoms with van der Waals surface area (Å²) in [6.07, 6.45) is 31.0. The van der Waals surface area contributed by atoms with Gasteiger partial charge in [0.2, 0.25) is 10.4 Å². The Balaban J connectivity index is 0. The molecule has 1 atom stereocenters. The summed E-state index contributed by atoms with van der Waals surface area (Å²) in [5, 5.41) is 0. The van der Waals surface area contributed by atoms with E-state index >= 15 is 0 Å². The fraction of sp³-hybridized carbons (Fsp3) is 1.00. The summed E-state index contributed by atoms with van der Waals surface area (Å²) in [5.74, 6) is 0. The van der Waals surface area contributed by atoms with Gasteiger partial charge in [0.05, 0.1) is 5.60 Å². The van der Waals surface area contributed by atoms with Crippen molar-refractivity contribution in [2.45, 2.75) is 187 Å². The first-order chi connectivity index (χ1) is 16.3. The summed E-state index contributed by atoms with van der Waals surface area (Å²) in [6, 6.07) is 0. The summed E-state index contributed by atoms with van der Waals surface area (Å²) in [5.41, 5.74) is -0.830. The van der Waals surface area contributed by atoms with Crippen LogP contribution in [0.2, 0.25) is 0 Å². The average Bonchev–Trinajstić information content (AvgIpc) is 2.77. The van der Waals surface area contributed by atoms with E-state index in [1.54, 1.807) is 6.92 Å². The lowest BCUT2D eigenvalue weighted by atomic mass is 9.91. The maximum absolute atomic E-state index is 11.2. The summed E-state index contributed by atoms with van der Waals surface area (Å²) >= 11 is 0. The highest BCUT2D eigenvalue weighted by Crippen LogP contribution is 2.28. The Morgan fingerprint density at radius 3 is 1.00 bits per heavy atom. The van der Waals surface area contributed by atoms with Crippen molar-refractivity contribution >= 4 is 10.4 Å². The van der Waals surface area contributed by atoms with Gasteiger partial charge in [-0.1, -0.05) is 162 Å². The smallest absolute Gasteiger partial charge is 0.218 e. The van der Waals surface area contributed by atoms with E-state index in [1.165, 1.54) is 109 Å². The molecular weight excluding hydrogens is 458 g/mol. The molecule has 5 nitrogen and oxygen atoms in total. The molecule has 0 aliphatic carbocycles. The third kappa shape index (κ3) is 28.3. The summed E-state index contributed by atoms with van der Waals surface area (Å²) in [6.45, 7) is 6.22. The second-order valence-corrected chi connectivity index (χ2v) is 11.8. The van der Waals surface area contributed by atoms with Crippen molar-refractivity contribution in [1.29, 1.82) is 0 Å². The Bertz CT molecular complexity index is 527. The molecular formula is C29H63NO4S. The highest BCUT2D eigenvalue weighted by atomic mass is 32.3. The molecule has 6 heteroatoms. The maximum atomic E-state index is 11.2. The van der Waals surface area contributed by atoms with Crippen molar-refractivity contribution in [1.82, 2.24) is 6.15 Å². The van der Waals surface area contributed by atoms with E-state index in [0.29, 0.717) is 12.8 Å². The molecule has 0 saturated heterocycles. The van der Waals surface area contributed by atoms with Crippen LogP contribution in [0.15, 0.2) is 0 Å². The van der Waals surface area contributed by atoms with Gasteiger partial charge >= 0.3 is 0 Å². The molecule has 0 radical (unpaired) electrons.